The van der Waals surface area contributed by atoms with Gasteiger partial charge in [0, 0.05) is 15.6 Å². The molecule has 0 spiro atoms. The maximum absolute atomic E-state index is 9.54. The predicted octanol–water partition coefficient (Wildman–Crippen LogP) is 5.42. The molecular formula is C21H18BrN3O. The molecule has 0 amide bonds. The van der Waals surface area contributed by atoms with Crippen molar-refractivity contribution in [3.8, 4) is 34.2 Å². The highest BCUT2D eigenvalue weighted by Crippen LogP contribution is 2.34. The molecule has 2 aromatic carbocycles. The zero-order chi connectivity index (χ0) is 18.5. The average molecular weight is 408 g/mol. The predicted molar refractivity (Wildman–Crippen MR) is 108 cm³/mol. The number of nitriles is 1. The molecule has 2 N–H and O–H groups in total. The molecule has 0 saturated carbocycles. The van der Waals surface area contributed by atoms with Crippen LogP contribution in [-0.2, 0) is 0 Å². The third-order valence-electron chi connectivity index (χ3n) is 3.95. The zero-order valence-electron chi connectivity index (χ0n) is 14.4. The maximum atomic E-state index is 9.54. The van der Waals surface area contributed by atoms with E-state index in [9.17, 15) is 5.26 Å². The Kier molecular flexibility index (Phi) is 5.55. The molecule has 1 heterocycles. The first-order chi connectivity index (χ1) is 12.6. The van der Waals surface area contributed by atoms with Crippen LogP contribution in [0.2, 0.25) is 0 Å². The van der Waals surface area contributed by atoms with Gasteiger partial charge in [0.15, 0.2) is 0 Å². The fourth-order valence-electron chi connectivity index (χ4n) is 2.67. The van der Waals surface area contributed by atoms with Crippen LogP contribution < -0.4 is 10.5 Å². The van der Waals surface area contributed by atoms with Crippen molar-refractivity contribution in [3.63, 3.8) is 0 Å². The number of hydrogen-bond acceptors (Lipinski definition) is 4. The van der Waals surface area contributed by atoms with E-state index < -0.39 is 0 Å². The van der Waals surface area contributed by atoms with Gasteiger partial charge in [-0.3, -0.25) is 0 Å². The first-order valence-electron chi connectivity index (χ1n) is 8.32. The summed E-state index contributed by atoms with van der Waals surface area (Å²) in [5, 5.41) is 9.54. The lowest BCUT2D eigenvalue weighted by Gasteiger charge is -2.12. The minimum atomic E-state index is 0.224. The number of ether oxygens (including phenoxy) is 1. The summed E-state index contributed by atoms with van der Waals surface area (Å²) in [4.78, 5) is 4.42. The highest BCUT2D eigenvalue weighted by atomic mass is 79.9. The first kappa shape index (κ1) is 18.0. The largest absolute Gasteiger partial charge is 0.494 e. The Morgan fingerprint density at radius 3 is 2.50 bits per heavy atom. The highest BCUT2D eigenvalue weighted by molar-refractivity contribution is 9.10. The second kappa shape index (κ2) is 8.03. The van der Waals surface area contributed by atoms with E-state index in [1.54, 1.807) is 0 Å². The van der Waals surface area contributed by atoms with Gasteiger partial charge in [-0.15, -0.1) is 0 Å². The van der Waals surface area contributed by atoms with Gasteiger partial charge in [0.2, 0.25) is 0 Å². The van der Waals surface area contributed by atoms with Gasteiger partial charge >= 0.3 is 0 Å². The molecule has 0 radical (unpaired) electrons. The summed E-state index contributed by atoms with van der Waals surface area (Å²) >= 11 is 3.55. The number of aromatic nitrogens is 1. The molecule has 0 bridgehead atoms. The molecule has 1 aromatic heterocycles. The lowest BCUT2D eigenvalue weighted by molar-refractivity contribution is 0.317. The summed E-state index contributed by atoms with van der Waals surface area (Å²) in [5.74, 6) is 1.03. The fourth-order valence-corrected chi connectivity index (χ4v) is 3.16. The van der Waals surface area contributed by atoms with Crippen molar-refractivity contribution < 1.29 is 4.74 Å². The van der Waals surface area contributed by atoms with Crippen LogP contribution >= 0.6 is 15.9 Å². The molecule has 26 heavy (non-hydrogen) atoms. The molecule has 0 saturated heterocycles. The Morgan fingerprint density at radius 1 is 1.12 bits per heavy atom. The van der Waals surface area contributed by atoms with Crippen molar-refractivity contribution in [1.29, 1.82) is 5.26 Å². The number of nitrogens with zero attached hydrogens (tertiary/aromatic N) is 2. The topological polar surface area (TPSA) is 71.9 Å². The van der Waals surface area contributed by atoms with Crippen LogP contribution in [0.1, 0.15) is 18.9 Å². The van der Waals surface area contributed by atoms with Crippen LogP contribution in [0.25, 0.3) is 22.4 Å². The molecule has 4 nitrogen and oxygen atoms in total. The molecule has 3 aromatic rings. The van der Waals surface area contributed by atoms with Crippen molar-refractivity contribution in [2.24, 2.45) is 0 Å². The summed E-state index contributed by atoms with van der Waals surface area (Å²) in [6.45, 7) is 2.74. The van der Waals surface area contributed by atoms with E-state index >= 15 is 0 Å². The van der Waals surface area contributed by atoms with Crippen molar-refractivity contribution in [3.05, 3.63) is 64.6 Å². The first-order valence-corrected chi connectivity index (χ1v) is 9.12. The van der Waals surface area contributed by atoms with E-state index in [2.05, 4.69) is 33.9 Å². The standard InChI is InChI=1S/C21H18BrN3O/c1-2-11-26-15-9-7-14(8-10-15)17-12-20(25-21(24)18(17)13-23)16-5-3-4-6-19(16)22/h3-10,12H,2,11H2,1H3,(H2,24,25). The summed E-state index contributed by atoms with van der Waals surface area (Å²) in [6.07, 6.45) is 0.955. The van der Waals surface area contributed by atoms with Crippen LogP contribution in [0, 0.1) is 11.3 Å². The van der Waals surface area contributed by atoms with Gasteiger partial charge in [-0.2, -0.15) is 5.26 Å². The molecule has 130 valence electrons. The minimum absolute atomic E-state index is 0.224. The Labute approximate surface area is 161 Å². The molecule has 3 rings (SSSR count). The summed E-state index contributed by atoms with van der Waals surface area (Å²) in [6, 6.07) is 19.5. The lowest BCUT2D eigenvalue weighted by atomic mass is 9.98. The quantitative estimate of drug-likeness (QED) is 0.612. The second-order valence-electron chi connectivity index (χ2n) is 5.78. The number of nitrogen functional groups attached to an aromatic ring is 1. The van der Waals surface area contributed by atoms with E-state index in [1.807, 2.05) is 54.6 Å². The molecule has 5 heteroatoms. The molecule has 0 aliphatic rings. The number of hydrogen-bond donors (Lipinski definition) is 1. The normalized spacial score (nSPS) is 10.3. The lowest BCUT2D eigenvalue weighted by Crippen LogP contribution is -2.00. The van der Waals surface area contributed by atoms with Gasteiger partial charge in [-0.1, -0.05) is 53.2 Å². The van der Waals surface area contributed by atoms with Gasteiger partial charge in [0.1, 0.15) is 23.2 Å². The van der Waals surface area contributed by atoms with Crippen molar-refractivity contribution in [2.75, 3.05) is 12.3 Å². The summed E-state index contributed by atoms with van der Waals surface area (Å²) < 4.78 is 6.55. The van der Waals surface area contributed by atoms with E-state index in [-0.39, 0.29) is 5.82 Å². The van der Waals surface area contributed by atoms with Crippen LogP contribution in [0.15, 0.2) is 59.1 Å². The Balaban J connectivity index is 2.08. The third kappa shape index (κ3) is 3.71. The Bertz CT molecular complexity index is 962. The average Bonchev–Trinajstić information content (AvgIpc) is 2.66. The monoisotopic (exact) mass is 407 g/mol. The molecule has 0 fully saturated rings. The van der Waals surface area contributed by atoms with Crippen molar-refractivity contribution >= 4 is 21.7 Å². The smallest absolute Gasteiger partial charge is 0.142 e. The van der Waals surface area contributed by atoms with E-state index in [0.29, 0.717) is 12.2 Å². The number of nitrogens with two attached hydrogens (primary N) is 1. The molecule has 0 unspecified atom stereocenters. The maximum Gasteiger partial charge on any atom is 0.142 e. The number of benzene rings is 2. The minimum Gasteiger partial charge on any atom is -0.494 e. The zero-order valence-corrected chi connectivity index (χ0v) is 16.0. The van der Waals surface area contributed by atoms with E-state index in [0.717, 1.165) is 39.0 Å². The summed E-state index contributed by atoms with van der Waals surface area (Å²) in [5.41, 5.74) is 9.75. The molecule has 0 aliphatic heterocycles. The van der Waals surface area contributed by atoms with Gasteiger partial charge in [0.05, 0.1) is 12.3 Å². The Hall–Kier alpha value is -2.84. The fraction of sp³-hybridized carbons (Fsp3) is 0.143. The molecule has 0 aliphatic carbocycles. The highest BCUT2D eigenvalue weighted by Gasteiger charge is 2.14. The SMILES string of the molecule is CCCOc1ccc(-c2cc(-c3ccccc3Br)nc(N)c2C#N)cc1. The van der Waals surface area contributed by atoms with Gasteiger partial charge < -0.3 is 10.5 Å². The van der Waals surface area contributed by atoms with Gasteiger partial charge in [0.25, 0.3) is 0 Å². The summed E-state index contributed by atoms with van der Waals surface area (Å²) in [7, 11) is 0. The number of halogens is 1. The number of pyridine rings is 1. The van der Waals surface area contributed by atoms with Crippen molar-refractivity contribution in [1.82, 2.24) is 4.98 Å². The van der Waals surface area contributed by atoms with Crippen LogP contribution in [0.5, 0.6) is 5.75 Å². The van der Waals surface area contributed by atoms with Crippen LogP contribution in [-0.4, -0.2) is 11.6 Å². The second-order valence-corrected chi connectivity index (χ2v) is 6.63. The van der Waals surface area contributed by atoms with E-state index in [1.165, 1.54) is 0 Å². The number of rotatable bonds is 5. The van der Waals surface area contributed by atoms with Gasteiger partial charge in [-0.25, -0.2) is 4.98 Å². The molecular weight excluding hydrogens is 390 g/mol. The number of anilines is 1. The molecule has 0 atom stereocenters. The van der Waals surface area contributed by atoms with Crippen LogP contribution in [0.3, 0.4) is 0 Å². The van der Waals surface area contributed by atoms with Crippen LogP contribution in [0.4, 0.5) is 5.82 Å². The van der Waals surface area contributed by atoms with Crippen molar-refractivity contribution in [2.45, 2.75) is 13.3 Å². The Morgan fingerprint density at radius 2 is 1.85 bits per heavy atom. The van der Waals surface area contributed by atoms with Gasteiger partial charge in [-0.05, 0) is 36.2 Å². The third-order valence-corrected chi connectivity index (χ3v) is 4.64. The van der Waals surface area contributed by atoms with E-state index in [4.69, 9.17) is 10.5 Å².